The number of rotatable bonds is 5. The standard InChI is InChI=1S/C15H20ClFN2O3/c1-21-9-14(20)19-8-11-7-18-4-5-22-15(11)10-2-3-12(16)13(17)6-10/h2-3,6,11,15,18H,4-5,7-9H2,1H3,(H,19,20)/t11-,15-/m0/s1/i1D3. The maximum atomic E-state index is 13.7. The van der Waals surface area contributed by atoms with E-state index in [9.17, 15) is 9.18 Å². The summed E-state index contributed by atoms with van der Waals surface area (Å²) in [6.07, 6.45) is -0.425. The molecule has 1 saturated heterocycles. The second-order valence-corrected chi connectivity index (χ2v) is 5.43. The van der Waals surface area contributed by atoms with Crippen molar-refractivity contribution in [2.45, 2.75) is 6.10 Å². The maximum Gasteiger partial charge on any atom is 0.245 e. The van der Waals surface area contributed by atoms with Gasteiger partial charge in [-0.3, -0.25) is 4.79 Å². The predicted octanol–water partition coefficient (Wildman–Crippen LogP) is 1.52. The fourth-order valence-electron chi connectivity index (χ4n) is 2.39. The zero-order valence-electron chi connectivity index (χ0n) is 14.9. The molecule has 1 aromatic carbocycles. The van der Waals surface area contributed by atoms with Crippen LogP contribution >= 0.6 is 11.6 Å². The van der Waals surface area contributed by atoms with Gasteiger partial charge in [0, 0.05) is 32.6 Å². The second kappa shape index (κ2) is 8.43. The fraction of sp³-hybridized carbons (Fsp3) is 0.533. The van der Waals surface area contributed by atoms with Crippen molar-refractivity contribution in [1.82, 2.24) is 10.6 Å². The molecule has 0 aromatic heterocycles. The third-order valence-electron chi connectivity index (χ3n) is 3.45. The number of hydrogen-bond donors (Lipinski definition) is 2. The fourth-order valence-corrected chi connectivity index (χ4v) is 2.50. The first kappa shape index (κ1) is 13.2. The lowest BCUT2D eigenvalue weighted by Crippen LogP contribution is -2.37. The number of nitrogens with one attached hydrogen (secondary N) is 2. The average Bonchev–Trinajstić information content (AvgIpc) is 2.78. The molecule has 0 saturated carbocycles. The molecule has 2 rings (SSSR count). The van der Waals surface area contributed by atoms with E-state index in [4.69, 9.17) is 20.5 Å². The van der Waals surface area contributed by atoms with Gasteiger partial charge in [-0.2, -0.15) is 0 Å². The van der Waals surface area contributed by atoms with Gasteiger partial charge in [-0.1, -0.05) is 17.7 Å². The molecule has 122 valence electrons. The van der Waals surface area contributed by atoms with Gasteiger partial charge in [0.15, 0.2) is 0 Å². The Labute approximate surface area is 138 Å². The quantitative estimate of drug-likeness (QED) is 0.857. The Morgan fingerprint density at radius 1 is 1.68 bits per heavy atom. The van der Waals surface area contributed by atoms with Crippen molar-refractivity contribution in [2.75, 3.05) is 39.9 Å². The van der Waals surface area contributed by atoms with Crippen molar-refractivity contribution in [3.63, 3.8) is 0 Å². The van der Waals surface area contributed by atoms with Crippen LogP contribution in [0.4, 0.5) is 4.39 Å². The Morgan fingerprint density at radius 3 is 3.32 bits per heavy atom. The minimum Gasteiger partial charge on any atom is -0.375 e. The molecule has 2 N–H and O–H groups in total. The Hall–Kier alpha value is -1.21. The summed E-state index contributed by atoms with van der Waals surface area (Å²) in [6, 6.07) is 4.48. The highest BCUT2D eigenvalue weighted by Crippen LogP contribution is 2.29. The molecule has 0 bridgehead atoms. The van der Waals surface area contributed by atoms with Gasteiger partial charge in [-0.15, -0.1) is 0 Å². The highest BCUT2D eigenvalue weighted by Gasteiger charge is 2.27. The first-order chi connectivity index (χ1) is 11.8. The summed E-state index contributed by atoms with van der Waals surface area (Å²) in [7, 11) is -2.62. The van der Waals surface area contributed by atoms with Gasteiger partial charge >= 0.3 is 0 Å². The molecule has 1 aliphatic rings. The van der Waals surface area contributed by atoms with Gasteiger partial charge in [-0.25, -0.2) is 4.39 Å². The van der Waals surface area contributed by atoms with Crippen molar-refractivity contribution in [3.05, 3.63) is 34.6 Å². The molecule has 2 atom stereocenters. The molecule has 1 aromatic rings. The number of hydrogen-bond acceptors (Lipinski definition) is 4. The molecule has 0 radical (unpaired) electrons. The van der Waals surface area contributed by atoms with E-state index in [0.717, 1.165) is 0 Å². The summed E-state index contributed by atoms with van der Waals surface area (Å²) in [6.45, 7) is 1.30. The zero-order valence-corrected chi connectivity index (χ0v) is 12.7. The molecule has 1 aliphatic heterocycles. The van der Waals surface area contributed by atoms with E-state index in [1.807, 2.05) is 0 Å². The largest absolute Gasteiger partial charge is 0.375 e. The third-order valence-corrected chi connectivity index (χ3v) is 3.75. The van der Waals surface area contributed by atoms with Gasteiger partial charge in [0.05, 0.1) is 21.8 Å². The number of methoxy groups -OCH3 is 1. The molecule has 1 heterocycles. The average molecular weight is 334 g/mol. The van der Waals surface area contributed by atoms with Crippen LogP contribution in [-0.4, -0.2) is 45.8 Å². The van der Waals surface area contributed by atoms with E-state index in [1.165, 1.54) is 12.1 Å². The molecule has 0 unspecified atom stereocenters. The lowest BCUT2D eigenvalue weighted by Gasteiger charge is -2.25. The van der Waals surface area contributed by atoms with Crippen LogP contribution < -0.4 is 10.6 Å². The Balaban J connectivity index is 1.99. The summed E-state index contributed by atoms with van der Waals surface area (Å²) < 4.78 is 44.8. The van der Waals surface area contributed by atoms with Crippen molar-refractivity contribution in [1.29, 1.82) is 0 Å². The van der Waals surface area contributed by atoms with E-state index in [2.05, 4.69) is 15.4 Å². The molecule has 1 amide bonds. The smallest absolute Gasteiger partial charge is 0.245 e. The SMILES string of the molecule is [2H]C([2H])([2H])OCC(=O)NC[C@@H]1CNCCO[C@H]1c1ccc(Cl)c(F)c1. The van der Waals surface area contributed by atoms with E-state index < -0.39 is 31.5 Å². The monoisotopic (exact) mass is 333 g/mol. The van der Waals surface area contributed by atoms with E-state index in [0.29, 0.717) is 25.3 Å². The number of ether oxygens (including phenoxy) is 2. The lowest BCUT2D eigenvalue weighted by atomic mass is 9.95. The molecule has 7 heteroatoms. The first-order valence-corrected chi connectivity index (χ1v) is 7.32. The summed E-state index contributed by atoms with van der Waals surface area (Å²) in [4.78, 5) is 11.7. The highest BCUT2D eigenvalue weighted by molar-refractivity contribution is 6.30. The number of amides is 1. The van der Waals surface area contributed by atoms with Gasteiger partial charge in [0.2, 0.25) is 5.91 Å². The number of benzene rings is 1. The van der Waals surface area contributed by atoms with Crippen LogP contribution in [0.1, 0.15) is 15.8 Å². The topological polar surface area (TPSA) is 59.6 Å². The van der Waals surface area contributed by atoms with Crippen LogP contribution in [0.5, 0.6) is 0 Å². The lowest BCUT2D eigenvalue weighted by molar-refractivity contribution is -0.125. The summed E-state index contributed by atoms with van der Waals surface area (Å²) in [5.74, 6) is -1.24. The molecular formula is C15H20ClFN2O3. The minimum atomic E-state index is -2.62. The van der Waals surface area contributed by atoms with Gasteiger partial charge in [-0.05, 0) is 17.7 Å². The van der Waals surface area contributed by atoms with E-state index in [-0.39, 0.29) is 17.5 Å². The van der Waals surface area contributed by atoms with Crippen LogP contribution in [0, 0.1) is 11.7 Å². The molecule has 1 fully saturated rings. The maximum absolute atomic E-state index is 13.7. The van der Waals surface area contributed by atoms with E-state index in [1.54, 1.807) is 6.07 Å². The normalized spacial score (nSPS) is 24.7. The van der Waals surface area contributed by atoms with Gasteiger partial charge in [0.1, 0.15) is 12.4 Å². The summed E-state index contributed by atoms with van der Waals surface area (Å²) >= 11 is 5.72. The van der Waals surface area contributed by atoms with Crippen LogP contribution in [-0.2, 0) is 14.3 Å². The molecule has 22 heavy (non-hydrogen) atoms. The van der Waals surface area contributed by atoms with Crippen molar-refractivity contribution in [3.8, 4) is 0 Å². The van der Waals surface area contributed by atoms with Gasteiger partial charge in [0.25, 0.3) is 0 Å². The van der Waals surface area contributed by atoms with Crippen molar-refractivity contribution in [2.24, 2.45) is 5.92 Å². The Morgan fingerprint density at radius 2 is 2.55 bits per heavy atom. The summed E-state index contributed by atoms with van der Waals surface area (Å²) in [5.41, 5.74) is 0.628. The molecular weight excluding hydrogens is 311 g/mol. The van der Waals surface area contributed by atoms with Crippen molar-refractivity contribution >= 4 is 17.5 Å². The second-order valence-electron chi connectivity index (χ2n) is 5.02. The van der Waals surface area contributed by atoms with Crippen LogP contribution in [0.2, 0.25) is 5.02 Å². The van der Waals surface area contributed by atoms with Crippen LogP contribution in [0.3, 0.4) is 0 Å². The zero-order chi connectivity index (χ0) is 18.4. The highest BCUT2D eigenvalue weighted by atomic mass is 35.5. The molecule has 0 aliphatic carbocycles. The van der Waals surface area contributed by atoms with Crippen molar-refractivity contribution < 1.29 is 22.8 Å². The number of carbonyl (C=O) groups excluding carboxylic acids is 1. The van der Waals surface area contributed by atoms with Crippen LogP contribution in [0.25, 0.3) is 0 Å². The molecule has 0 spiro atoms. The number of carbonyl (C=O) groups is 1. The first-order valence-electron chi connectivity index (χ1n) is 8.44. The van der Waals surface area contributed by atoms with E-state index >= 15 is 0 Å². The predicted molar refractivity (Wildman–Crippen MR) is 81.3 cm³/mol. The molecule has 5 nitrogen and oxygen atoms in total. The van der Waals surface area contributed by atoms with Crippen LogP contribution in [0.15, 0.2) is 18.2 Å². The summed E-state index contributed by atoms with van der Waals surface area (Å²) in [5, 5.41) is 5.84. The Kier molecular flexibility index (Phi) is 5.08. The Bertz CT molecular complexity index is 604. The third kappa shape index (κ3) is 4.64. The number of halogens is 2. The van der Waals surface area contributed by atoms with Gasteiger partial charge < -0.3 is 20.1 Å². The minimum absolute atomic E-state index is 0.0298.